The molecule has 2 unspecified atom stereocenters. The van der Waals surface area contributed by atoms with Crippen molar-refractivity contribution < 1.29 is 4.39 Å². The number of hydrogen-bond donors (Lipinski definition) is 2. The molecule has 86 valence electrons. The number of aliphatic imine (C=N–C) groups is 1. The first-order valence-electron chi connectivity index (χ1n) is 4.78. The highest BCUT2D eigenvalue weighted by atomic mass is 35.5. The molecule has 1 fully saturated rings. The molecule has 0 aliphatic carbocycles. The minimum Gasteiger partial charge on any atom is -0.403 e. The molecule has 4 N–H and O–H groups in total. The molecule has 15 heavy (non-hydrogen) atoms. The molecule has 1 heterocycles. The van der Waals surface area contributed by atoms with Gasteiger partial charge in [-0.3, -0.25) is 4.99 Å². The topological polar surface area (TPSA) is 67.6 Å². The van der Waals surface area contributed by atoms with Gasteiger partial charge in [0.1, 0.15) is 11.3 Å². The van der Waals surface area contributed by atoms with Crippen molar-refractivity contribution in [1.82, 2.24) is 4.90 Å². The van der Waals surface area contributed by atoms with Crippen LogP contribution in [0.5, 0.6) is 0 Å². The summed E-state index contributed by atoms with van der Waals surface area (Å²) in [7, 11) is 1.88. The second-order valence-electron chi connectivity index (χ2n) is 3.68. The van der Waals surface area contributed by atoms with Crippen molar-refractivity contribution in [2.45, 2.75) is 18.6 Å². The van der Waals surface area contributed by atoms with E-state index in [-0.39, 0.29) is 10.9 Å². The fourth-order valence-corrected chi connectivity index (χ4v) is 1.67. The summed E-state index contributed by atoms with van der Waals surface area (Å²) in [6, 6.07) is -0.410. The summed E-state index contributed by atoms with van der Waals surface area (Å²) < 4.78 is 13.5. The number of rotatable bonds is 2. The SMILES string of the molecule is CN1CCC(N=C(Cl)C(N)=CN)C(F)C1. The van der Waals surface area contributed by atoms with Crippen molar-refractivity contribution in [3.63, 3.8) is 0 Å². The van der Waals surface area contributed by atoms with Crippen LogP contribution in [0.4, 0.5) is 4.39 Å². The summed E-state index contributed by atoms with van der Waals surface area (Å²) in [6.45, 7) is 1.19. The highest BCUT2D eigenvalue weighted by molar-refractivity contribution is 6.69. The van der Waals surface area contributed by atoms with Gasteiger partial charge >= 0.3 is 0 Å². The van der Waals surface area contributed by atoms with Crippen molar-refractivity contribution in [3.8, 4) is 0 Å². The Hall–Kier alpha value is -0.810. The molecule has 0 radical (unpaired) electrons. The molecule has 1 saturated heterocycles. The molecule has 4 nitrogen and oxygen atoms in total. The van der Waals surface area contributed by atoms with Crippen molar-refractivity contribution in [3.05, 3.63) is 11.9 Å². The van der Waals surface area contributed by atoms with Gasteiger partial charge in [-0.1, -0.05) is 11.6 Å². The number of nitrogens with zero attached hydrogens (tertiary/aromatic N) is 2. The Morgan fingerprint density at radius 1 is 1.67 bits per heavy atom. The van der Waals surface area contributed by atoms with Crippen molar-refractivity contribution >= 4 is 16.8 Å². The normalized spacial score (nSPS) is 30.6. The maximum absolute atomic E-state index is 13.5. The molecule has 1 aliphatic rings. The molecule has 0 amide bonds. The van der Waals surface area contributed by atoms with Crippen LogP contribution in [0.1, 0.15) is 6.42 Å². The van der Waals surface area contributed by atoms with Gasteiger partial charge in [-0.15, -0.1) is 0 Å². The lowest BCUT2D eigenvalue weighted by molar-refractivity contribution is 0.142. The Bertz CT molecular complexity index is 279. The minimum atomic E-state index is -0.997. The van der Waals surface area contributed by atoms with E-state index in [1.807, 2.05) is 11.9 Å². The summed E-state index contributed by atoms with van der Waals surface area (Å²) in [5, 5.41) is 0.0923. The van der Waals surface area contributed by atoms with E-state index in [1.54, 1.807) is 0 Å². The number of alkyl halides is 1. The predicted molar refractivity (Wildman–Crippen MR) is 60.5 cm³/mol. The van der Waals surface area contributed by atoms with E-state index in [0.717, 1.165) is 12.7 Å². The van der Waals surface area contributed by atoms with Crippen LogP contribution in [-0.4, -0.2) is 42.4 Å². The average Bonchev–Trinajstić information content (AvgIpc) is 2.20. The third-order valence-electron chi connectivity index (χ3n) is 2.41. The zero-order valence-electron chi connectivity index (χ0n) is 8.66. The van der Waals surface area contributed by atoms with Gasteiger partial charge in [0.15, 0.2) is 0 Å². The zero-order valence-corrected chi connectivity index (χ0v) is 9.41. The summed E-state index contributed by atoms with van der Waals surface area (Å²) in [6.07, 6.45) is 0.808. The Labute approximate surface area is 93.8 Å². The summed E-state index contributed by atoms with van der Waals surface area (Å²) in [5.41, 5.74) is 10.8. The molecule has 0 aromatic heterocycles. The van der Waals surface area contributed by atoms with Crippen molar-refractivity contribution in [2.75, 3.05) is 20.1 Å². The molecule has 0 aromatic rings. The number of halogens is 2. The second kappa shape index (κ2) is 5.32. The van der Waals surface area contributed by atoms with Gasteiger partial charge in [0.2, 0.25) is 0 Å². The molecular weight excluding hydrogens is 219 g/mol. The zero-order chi connectivity index (χ0) is 11.4. The smallest absolute Gasteiger partial charge is 0.148 e. The number of nitrogens with two attached hydrogens (primary N) is 2. The van der Waals surface area contributed by atoms with Crippen molar-refractivity contribution in [2.24, 2.45) is 16.5 Å². The first-order chi connectivity index (χ1) is 7.04. The first-order valence-corrected chi connectivity index (χ1v) is 5.16. The van der Waals surface area contributed by atoms with Crippen LogP contribution in [0.2, 0.25) is 0 Å². The number of hydrogen-bond acceptors (Lipinski definition) is 4. The first kappa shape index (κ1) is 12.3. The van der Waals surface area contributed by atoms with E-state index >= 15 is 0 Å². The Kier molecular flexibility index (Phi) is 4.35. The highest BCUT2D eigenvalue weighted by Gasteiger charge is 2.27. The second-order valence-corrected chi connectivity index (χ2v) is 4.03. The maximum Gasteiger partial charge on any atom is 0.148 e. The van der Waals surface area contributed by atoms with Crippen LogP contribution < -0.4 is 11.5 Å². The molecule has 6 heteroatoms. The van der Waals surface area contributed by atoms with Gasteiger partial charge < -0.3 is 16.4 Å². The Morgan fingerprint density at radius 2 is 2.33 bits per heavy atom. The lowest BCUT2D eigenvalue weighted by atomic mass is 10.0. The maximum atomic E-state index is 13.5. The largest absolute Gasteiger partial charge is 0.403 e. The quantitative estimate of drug-likeness (QED) is 0.681. The van der Waals surface area contributed by atoms with Gasteiger partial charge in [-0.05, 0) is 13.5 Å². The van der Waals surface area contributed by atoms with Crippen LogP contribution in [0, 0.1) is 0 Å². The third-order valence-corrected chi connectivity index (χ3v) is 2.72. The van der Waals surface area contributed by atoms with Crippen LogP contribution in [0.3, 0.4) is 0 Å². The van der Waals surface area contributed by atoms with Crippen LogP contribution in [0.15, 0.2) is 16.9 Å². The third kappa shape index (κ3) is 3.35. The molecule has 2 atom stereocenters. The van der Waals surface area contributed by atoms with E-state index in [1.165, 1.54) is 0 Å². The highest BCUT2D eigenvalue weighted by Crippen LogP contribution is 2.17. The fourth-order valence-electron chi connectivity index (χ4n) is 1.48. The average molecular weight is 235 g/mol. The van der Waals surface area contributed by atoms with Gasteiger partial charge in [-0.25, -0.2) is 4.39 Å². The number of piperidine rings is 1. The molecule has 0 bridgehead atoms. The van der Waals surface area contributed by atoms with E-state index in [0.29, 0.717) is 13.0 Å². The van der Waals surface area contributed by atoms with E-state index < -0.39 is 12.2 Å². The summed E-state index contributed by atoms with van der Waals surface area (Å²) in [4.78, 5) is 5.95. The van der Waals surface area contributed by atoms with Gasteiger partial charge in [0.25, 0.3) is 0 Å². The van der Waals surface area contributed by atoms with Crippen molar-refractivity contribution in [1.29, 1.82) is 0 Å². The minimum absolute atomic E-state index is 0.0923. The van der Waals surface area contributed by atoms with Crippen LogP contribution >= 0.6 is 11.6 Å². The number of likely N-dealkylation sites (tertiary alicyclic amines) is 1. The molecule has 0 aromatic carbocycles. The standard InChI is InChI=1S/C9H16ClFN4/c1-15-3-2-8(6(11)5-15)14-9(10)7(13)4-12/h4,6,8H,2-3,5,12-13H2,1H3. The van der Waals surface area contributed by atoms with Gasteiger partial charge in [0, 0.05) is 19.3 Å². The molecule has 0 saturated carbocycles. The monoisotopic (exact) mass is 234 g/mol. The van der Waals surface area contributed by atoms with E-state index in [4.69, 9.17) is 23.1 Å². The van der Waals surface area contributed by atoms with Crippen LogP contribution in [0.25, 0.3) is 0 Å². The Morgan fingerprint density at radius 3 is 2.87 bits per heavy atom. The lowest BCUT2D eigenvalue weighted by Crippen LogP contribution is -2.42. The predicted octanol–water partition coefficient (Wildman–Crippen LogP) is 0.425. The van der Waals surface area contributed by atoms with Gasteiger partial charge in [0.05, 0.1) is 11.7 Å². The van der Waals surface area contributed by atoms with E-state index in [2.05, 4.69) is 4.99 Å². The van der Waals surface area contributed by atoms with Crippen LogP contribution in [-0.2, 0) is 0 Å². The molecule has 1 rings (SSSR count). The Balaban J connectivity index is 2.65. The molecule has 0 spiro atoms. The fraction of sp³-hybridized carbons (Fsp3) is 0.667. The van der Waals surface area contributed by atoms with Gasteiger partial charge in [-0.2, -0.15) is 0 Å². The summed E-state index contributed by atoms with van der Waals surface area (Å²) >= 11 is 5.76. The van der Waals surface area contributed by atoms with E-state index in [9.17, 15) is 4.39 Å². The molecule has 1 aliphatic heterocycles. The molecular formula is C9H16ClFN4. The lowest BCUT2D eigenvalue weighted by Gasteiger charge is -2.30. The summed E-state index contributed by atoms with van der Waals surface area (Å²) in [5.74, 6) is 0. The number of allylic oxidation sites excluding steroid dienone is 1.